The van der Waals surface area contributed by atoms with E-state index in [1.54, 1.807) is 4.90 Å². The van der Waals surface area contributed by atoms with Crippen LogP contribution < -0.4 is 5.32 Å². The average Bonchev–Trinajstić information content (AvgIpc) is 3.29. The summed E-state index contributed by atoms with van der Waals surface area (Å²) in [4.78, 5) is 38.1. The van der Waals surface area contributed by atoms with Crippen LogP contribution in [0.1, 0.15) is 28.8 Å². The molecule has 30 heavy (non-hydrogen) atoms. The number of imide groups is 1. The summed E-state index contributed by atoms with van der Waals surface area (Å²) in [6.45, 7) is 0.359. The van der Waals surface area contributed by atoms with E-state index in [4.69, 9.17) is 0 Å². The van der Waals surface area contributed by atoms with Gasteiger partial charge in [0.1, 0.15) is 6.04 Å². The second-order valence-corrected chi connectivity index (χ2v) is 7.68. The fraction of sp³-hybridized carbons (Fsp3) is 0.217. The van der Waals surface area contributed by atoms with Gasteiger partial charge in [-0.1, -0.05) is 36.4 Å². The van der Waals surface area contributed by atoms with E-state index in [1.807, 2.05) is 66.3 Å². The van der Waals surface area contributed by atoms with Gasteiger partial charge in [-0.05, 0) is 30.2 Å². The molecule has 1 saturated heterocycles. The van der Waals surface area contributed by atoms with Gasteiger partial charge < -0.3 is 4.90 Å². The number of benzene rings is 2. The summed E-state index contributed by atoms with van der Waals surface area (Å²) in [5.41, 5.74) is 5.32. The van der Waals surface area contributed by atoms with E-state index in [-0.39, 0.29) is 18.2 Å². The first-order chi connectivity index (χ1) is 14.5. The molecule has 0 bridgehead atoms. The number of carbonyl (C=O) groups excluding carboxylic acids is 3. The smallest absolute Gasteiger partial charge is 0.255 e. The van der Waals surface area contributed by atoms with Crippen molar-refractivity contribution in [3.8, 4) is 22.5 Å². The number of amides is 3. The summed E-state index contributed by atoms with van der Waals surface area (Å²) < 4.78 is 1.83. The predicted molar refractivity (Wildman–Crippen MR) is 110 cm³/mol. The van der Waals surface area contributed by atoms with Gasteiger partial charge in [-0.25, -0.2) is 0 Å². The van der Waals surface area contributed by atoms with Gasteiger partial charge in [0.2, 0.25) is 11.8 Å². The molecule has 5 rings (SSSR count). The third-order valence-electron chi connectivity index (χ3n) is 5.77. The molecule has 0 aliphatic carbocycles. The fourth-order valence-corrected chi connectivity index (χ4v) is 4.22. The summed E-state index contributed by atoms with van der Waals surface area (Å²) in [6, 6.07) is 17.1. The Kier molecular flexibility index (Phi) is 4.24. The van der Waals surface area contributed by atoms with Crippen molar-refractivity contribution in [2.45, 2.75) is 25.4 Å². The lowest BCUT2D eigenvalue weighted by molar-refractivity contribution is -0.136. The van der Waals surface area contributed by atoms with Crippen LogP contribution in [-0.4, -0.2) is 38.4 Å². The highest BCUT2D eigenvalue weighted by atomic mass is 16.2. The van der Waals surface area contributed by atoms with Crippen molar-refractivity contribution in [3.05, 3.63) is 65.7 Å². The Bertz CT molecular complexity index is 1180. The molecule has 0 radical (unpaired) electrons. The number of nitrogens with one attached hydrogen (secondary N) is 1. The van der Waals surface area contributed by atoms with Crippen molar-refractivity contribution in [3.63, 3.8) is 0 Å². The van der Waals surface area contributed by atoms with Crippen LogP contribution in [-0.2, 0) is 23.2 Å². The topological polar surface area (TPSA) is 84.3 Å². The van der Waals surface area contributed by atoms with E-state index in [1.165, 1.54) is 0 Å². The second kappa shape index (κ2) is 6.95. The van der Waals surface area contributed by atoms with Crippen molar-refractivity contribution in [1.29, 1.82) is 0 Å². The van der Waals surface area contributed by atoms with Crippen LogP contribution in [0.5, 0.6) is 0 Å². The number of piperidine rings is 1. The van der Waals surface area contributed by atoms with Gasteiger partial charge in [0.05, 0.1) is 11.4 Å². The van der Waals surface area contributed by atoms with Crippen LogP contribution in [0.4, 0.5) is 0 Å². The van der Waals surface area contributed by atoms with Crippen LogP contribution in [0, 0.1) is 0 Å². The van der Waals surface area contributed by atoms with Crippen molar-refractivity contribution < 1.29 is 14.4 Å². The molecular weight excluding hydrogens is 380 g/mol. The number of aryl methyl sites for hydroxylation is 1. The lowest BCUT2D eigenvalue weighted by Crippen LogP contribution is -2.52. The first-order valence-electron chi connectivity index (χ1n) is 9.88. The first kappa shape index (κ1) is 18.3. The molecule has 3 aromatic rings. The molecule has 0 spiro atoms. The highest BCUT2D eigenvalue weighted by molar-refractivity contribution is 6.05. The van der Waals surface area contributed by atoms with E-state index in [0.717, 1.165) is 28.1 Å². The Balaban J connectivity index is 1.45. The van der Waals surface area contributed by atoms with Crippen LogP contribution in [0.25, 0.3) is 22.5 Å². The Morgan fingerprint density at radius 1 is 1.00 bits per heavy atom. The van der Waals surface area contributed by atoms with E-state index in [0.29, 0.717) is 18.5 Å². The molecule has 1 N–H and O–H groups in total. The van der Waals surface area contributed by atoms with Gasteiger partial charge >= 0.3 is 0 Å². The maximum Gasteiger partial charge on any atom is 0.255 e. The minimum absolute atomic E-state index is 0.166. The third-order valence-corrected chi connectivity index (χ3v) is 5.77. The Hall–Kier alpha value is -3.74. The summed E-state index contributed by atoms with van der Waals surface area (Å²) >= 11 is 0. The van der Waals surface area contributed by atoms with Crippen LogP contribution in [0.15, 0.2) is 54.6 Å². The first-order valence-corrected chi connectivity index (χ1v) is 9.88. The van der Waals surface area contributed by atoms with Gasteiger partial charge in [0.25, 0.3) is 5.91 Å². The standard InChI is InChI=1S/C23H20N4O3/c1-26-20(12-18(25-26)14-5-3-2-4-6-14)15-7-8-17-16(11-15)13-27(23(17)30)19-9-10-21(28)24-22(19)29/h2-8,11-12,19H,9-10,13H2,1H3,(H,24,28,29). The summed E-state index contributed by atoms with van der Waals surface area (Å²) in [6.07, 6.45) is 0.610. The molecule has 2 aliphatic rings. The zero-order valence-electron chi connectivity index (χ0n) is 16.5. The largest absolute Gasteiger partial charge is 0.322 e. The highest BCUT2D eigenvalue weighted by Gasteiger charge is 2.39. The molecule has 1 aromatic heterocycles. The lowest BCUT2D eigenvalue weighted by Gasteiger charge is -2.29. The van der Waals surface area contributed by atoms with E-state index >= 15 is 0 Å². The zero-order valence-corrected chi connectivity index (χ0v) is 16.5. The third kappa shape index (κ3) is 2.99. The minimum Gasteiger partial charge on any atom is -0.322 e. The lowest BCUT2D eigenvalue weighted by atomic mass is 10.0. The molecule has 3 heterocycles. The van der Waals surface area contributed by atoms with E-state index in [9.17, 15) is 14.4 Å². The van der Waals surface area contributed by atoms with Crippen molar-refractivity contribution in [2.24, 2.45) is 7.05 Å². The number of rotatable bonds is 3. The SMILES string of the molecule is Cn1nc(-c2ccccc2)cc1-c1ccc2c(c1)CN(C1CCC(=O)NC1=O)C2=O. The monoisotopic (exact) mass is 400 g/mol. The van der Waals surface area contributed by atoms with E-state index in [2.05, 4.69) is 10.4 Å². The quantitative estimate of drug-likeness (QED) is 0.685. The van der Waals surface area contributed by atoms with Gasteiger partial charge in [-0.15, -0.1) is 0 Å². The molecule has 2 aliphatic heterocycles. The predicted octanol–water partition coefficient (Wildman–Crippen LogP) is 2.52. The normalized spacial score (nSPS) is 18.5. The molecule has 150 valence electrons. The number of hydrogen-bond acceptors (Lipinski definition) is 4. The number of fused-ring (bicyclic) bond motifs is 1. The minimum atomic E-state index is -0.604. The number of aromatic nitrogens is 2. The summed E-state index contributed by atoms with van der Waals surface area (Å²) in [7, 11) is 1.90. The highest BCUT2D eigenvalue weighted by Crippen LogP contribution is 2.32. The molecule has 0 saturated carbocycles. The van der Waals surface area contributed by atoms with Gasteiger partial charge in [-0.2, -0.15) is 5.10 Å². The summed E-state index contributed by atoms with van der Waals surface area (Å²) in [5.74, 6) is -0.846. The van der Waals surface area contributed by atoms with Crippen LogP contribution in [0.2, 0.25) is 0 Å². The molecule has 7 heteroatoms. The van der Waals surface area contributed by atoms with Crippen molar-refractivity contribution in [2.75, 3.05) is 0 Å². The second-order valence-electron chi connectivity index (χ2n) is 7.68. The molecule has 1 atom stereocenters. The number of carbonyl (C=O) groups is 3. The van der Waals surface area contributed by atoms with Crippen molar-refractivity contribution >= 4 is 17.7 Å². The Morgan fingerprint density at radius 3 is 2.57 bits per heavy atom. The number of nitrogens with zero attached hydrogens (tertiary/aromatic N) is 3. The average molecular weight is 400 g/mol. The molecule has 2 aromatic carbocycles. The molecular formula is C23H20N4O3. The maximum absolute atomic E-state index is 12.9. The molecule has 1 unspecified atom stereocenters. The Morgan fingerprint density at radius 2 is 1.80 bits per heavy atom. The van der Waals surface area contributed by atoms with Crippen LogP contribution in [0.3, 0.4) is 0 Å². The van der Waals surface area contributed by atoms with Gasteiger partial charge in [-0.3, -0.25) is 24.4 Å². The molecule has 1 fully saturated rings. The van der Waals surface area contributed by atoms with Gasteiger partial charge in [0, 0.05) is 36.7 Å². The fourth-order valence-electron chi connectivity index (χ4n) is 4.22. The zero-order chi connectivity index (χ0) is 20.8. The maximum atomic E-state index is 12.9. The molecule has 7 nitrogen and oxygen atoms in total. The Labute approximate surface area is 173 Å². The summed E-state index contributed by atoms with van der Waals surface area (Å²) in [5, 5.41) is 6.96. The van der Waals surface area contributed by atoms with Crippen LogP contribution >= 0.6 is 0 Å². The molecule has 3 amide bonds. The number of hydrogen-bond donors (Lipinski definition) is 1. The van der Waals surface area contributed by atoms with E-state index < -0.39 is 11.9 Å². The van der Waals surface area contributed by atoms with Crippen molar-refractivity contribution in [1.82, 2.24) is 20.0 Å². The van der Waals surface area contributed by atoms with Gasteiger partial charge in [0.15, 0.2) is 0 Å².